The maximum absolute atomic E-state index is 11.5. The first-order valence-electron chi connectivity index (χ1n) is 5.70. The molecule has 0 aromatic heterocycles. The van der Waals surface area contributed by atoms with Crippen LogP contribution in [0.1, 0.15) is 41.5 Å². The molecule has 1 atom stereocenters. The van der Waals surface area contributed by atoms with E-state index in [0.29, 0.717) is 0 Å². The van der Waals surface area contributed by atoms with Crippen LogP contribution < -0.4 is 5.48 Å². The van der Waals surface area contributed by atoms with Crippen molar-refractivity contribution < 1.29 is 23.9 Å². The summed E-state index contributed by atoms with van der Waals surface area (Å²) in [5, 5.41) is 0. The second-order valence-electron chi connectivity index (χ2n) is 5.99. The lowest BCUT2D eigenvalue weighted by Gasteiger charge is -2.28. The normalized spacial score (nSPS) is 13.7. The molecule has 0 saturated heterocycles. The molecule has 0 heterocycles. The van der Waals surface area contributed by atoms with Gasteiger partial charge in [-0.05, 0) is 20.8 Å². The Morgan fingerprint density at radius 1 is 1.06 bits per heavy atom. The minimum atomic E-state index is -0.907. The predicted molar refractivity (Wildman–Crippen MR) is 65.7 cm³/mol. The van der Waals surface area contributed by atoms with Crippen LogP contribution in [0.25, 0.3) is 0 Å². The van der Waals surface area contributed by atoms with Gasteiger partial charge in [0.1, 0.15) is 5.60 Å². The lowest BCUT2D eigenvalue weighted by molar-refractivity contribution is -0.168. The number of amides is 1. The van der Waals surface area contributed by atoms with Gasteiger partial charge in [0, 0.05) is 5.41 Å². The highest BCUT2D eigenvalue weighted by atomic mass is 16.7. The minimum Gasteiger partial charge on any atom is -0.467 e. The number of esters is 1. The molecule has 6 heteroatoms. The summed E-state index contributed by atoms with van der Waals surface area (Å²) in [7, 11) is 1.26. The van der Waals surface area contributed by atoms with E-state index in [1.807, 2.05) is 0 Å². The summed E-state index contributed by atoms with van der Waals surface area (Å²) in [5.74, 6) is -0.557. The Morgan fingerprint density at radius 3 is 1.89 bits per heavy atom. The van der Waals surface area contributed by atoms with E-state index in [0.717, 1.165) is 0 Å². The van der Waals surface area contributed by atoms with Crippen molar-refractivity contribution in [3.8, 4) is 0 Å². The molecule has 106 valence electrons. The van der Waals surface area contributed by atoms with E-state index in [2.05, 4.69) is 10.2 Å². The van der Waals surface area contributed by atoms with Gasteiger partial charge in [0.2, 0.25) is 0 Å². The zero-order valence-corrected chi connectivity index (χ0v) is 12.1. The molecular weight excluding hydrogens is 238 g/mol. The summed E-state index contributed by atoms with van der Waals surface area (Å²) in [6.45, 7) is 10.6. The Bertz CT molecular complexity index is 301. The Balaban J connectivity index is 4.46. The minimum absolute atomic E-state index is 0.512. The molecule has 0 radical (unpaired) electrons. The zero-order valence-electron chi connectivity index (χ0n) is 12.1. The highest BCUT2D eigenvalue weighted by Crippen LogP contribution is 2.22. The van der Waals surface area contributed by atoms with Crippen LogP contribution in [0, 0.1) is 5.41 Å². The molecule has 0 saturated carbocycles. The topological polar surface area (TPSA) is 73.9 Å². The number of carbonyl (C=O) groups excluding carboxylic acids is 2. The molecule has 0 aliphatic carbocycles. The number of hydroxylamine groups is 1. The van der Waals surface area contributed by atoms with Crippen LogP contribution in [0.5, 0.6) is 0 Å². The molecule has 0 fully saturated rings. The molecule has 18 heavy (non-hydrogen) atoms. The average Bonchev–Trinajstić information content (AvgIpc) is 2.12. The molecule has 0 bridgehead atoms. The van der Waals surface area contributed by atoms with Crippen molar-refractivity contribution >= 4 is 12.1 Å². The van der Waals surface area contributed by atoms with E-state index in [1.54, 1.807) is 41.5 Å². The van der Waals surface area contributed by atoms with Crippen molar-refractivity contribution in [3.05, 3.63) is 0 Å². The first kappa shape index (κ1) is 16.7. The van der Waals surface area contributed by atoms with E-state index in [-0.39, 0.29) is 0 Å². The van der Waals surface area contributed by atoms with Crippen LogP contribution in [0.4, 0.5) is 4.79 Å². The van der Waals surface area contributed by atoms with Gasteiger partial charge in [-0.1, -0.05) is 20.8 Å². The summed E-state index contributed by atoms with van der Waals surface area (Å²) >= 11 is 0. The Labute approximate surface area is 108 Å². The largest absolute Gasteiger partial charge is 0.467 e. The first-order valence-corrected chi connectivity index (χ1v) is 5.70. The van der Waals surface area contributed by atoms with Crippen LogP contribution in [0.2, 0.25) is 0 Å². The van der Waals surface area contributed by atoms with E-state index in [4.69, 9.17) is 9.57 Å². The highest BCUT2D eigenvalue weighted by molar-refractivity contribution is 5.76. The van der Waals surface area contributed by atoms with Crippen LogP contribution >= 0.6 is 0 Å². The molecular formula is C12H23NO5. The molecule has 0 spiro atoms. The van der Waals surface area contributed by atoms with Gasteiger partial charge in [-0.15, -0.1) is 0 Å². The highest BCUT2D eigenvalue weighted by Gasteiger charge is 2.34. The number of hydrogen-bond acceptors (Lipinski definition) is 5. The molecule has 0 aliphatic heterocycles. The van der Waals surface area contributed by atoms with Crippen molar-refractivity contribution in [2.24, 2.45) is 5.41 Å². The number of rotatable bonds is 3. The van der Waals surface area contributed by atoms with Crippen molar-refractivity contribution in [2.75, 3.05) is 7.11 Å². The summed E-state index contributed by atoms with van der Waals surface area (Å²) in [4.78, 5) is 28.0. The first-order chi connectivity index (χ1) is 7.97. The standard InChI is InChI=1S/C12H23NO5/c1-11(2,3)8(9(14)16-7)18-13-10(15)17-12(4,5)6/h8H,1-7H3,(H,13,15). The summed E-state index contributed by atoms with van der Waals surface area (Å²) in [6.07, 6.45) is -1.66. The van der Waals surface area contributed by atoms with Gasteiger partial charge in [-0.2, -0.15) is 5.48 Å². The number of carbonyl (C=O) groups is 2. The molecule has 1 unspecified atom stereocenters. The van der Waals surface area contributed by atoms with Crippen molar-refractivity contribution in [2.45, 2.75) is 53.2 Å². The van der Waals surface area contributed by atoms with Gasteiger partial charge in [-0.3, -0.25) is 4.84 Å². The molecule has 1 N–H and O–H groups in total. The SMILES string of the molecule is COC(=O)C(ONC(=O)OC(C)(C)C)C(C)(C)C. The fourth-order valence-electron chi connectivity index (χ4n) is 1.09. The fraction of sp³-hybridized carbons (Fsp3) is 0.833. The third kappa shape index (κ3) is 6.44. The number of methoxy groups -OCH3 is 1. The van der Waals surface area contributed by atoms with Gasteiger partial charge in [0.25, 0.3) is 0 Å². The maximum Gasteiger partial charge on any atom is 0.431 e. The third-order valence-electron chi connectivity index (χ3n) is 1.86. The second-order valence-corrected chi connectivity index (χ2v) is 5.99. The van der Waals surface area contributed by atoms with E-state index >= 15 is 0 Å². The van der Waals surface area contributed by atoms with Crippen molar-refractivity contribution in [1.82, 2.24) is 5.48 Å². The smallest absolute Gasteiger partial charge is 0.431 e. The Kier molecular flexibility index (Phi) is 5.60. The predicted octanol–water partition coefficient (Wildman–Crippen LogP) is 2.03. The van der Waals surface area contributed by atoms with E-state index in [9.17, 15) is 9.59 Å². The molecule has 0 rings (SSSR count). The van der Waals surface area contributed by atoms with Gasteiger partial charge < -0.3 is 9.47 Å². The molecule has 6 nitrogen and oxygen atoms in total. The number of nitrogens with one attached hydrogen (secondary N) is 1. The van der Waals surface area contributed by atoms with Crippen molar-refractivity contribution in [3.63, 3.8) is 0 Å². The van der Waals surface area contributed by atoms with Crippen LogP contribution in [0.3, 0.4) is 0 Å². The maximum atomic E-state index is 11.5. The van der Waals surface area contributed by atoms with E-state index < -0.39 is 29.2 Å². The van der Waals surface area contributed by atoms with Gasteiger partial charge >= 0.3 is 12.1 Å². The van der Waals surface area contributed by atoms with E-state index in [1.165, 1.54) is 7.11 Å². The molecule has 0 aromatic rings. The van der Waals surface area contributed by atoms with Crippen molar-refractivity contribution in [1.29, 1.82) is 0 Å². The monoisotopic (exact) mass is 261 g/mol. The molecule has 0 aromatic carbocycles. The molecule has 0 aliphatic rings. The third-order valence-corrected chi connectivity index (χ3v) is 1.86. The lowest BCUT2D eigenvalue weighted by atomic mass is 9.89. The Hall–Kier alpha value is -1.30. The fourth-order valence-corrected chi connectivity index (χ4v) is 1.09. The Morgan fingerprint density at radius 2 is 1.56 bits per heavy atom. The summed E-state index contributed by atoms with van der Waals surface area (Å²) in [6, 6.07) is 0. The van der Waals surface area contributed by atoms with Crippen LogP contribution in [-0.4, -0.2) is 30.9 Å². The van der Waals surface area contributed by atoms with Gasteiger partial charge in [0.15, 0.2) is 6.10 Å². The lowest BCUT2D eigenvalue weighted by Crippen LogP contribution is -2.44. The van der Waals surface area contributed by atoms with Gasteiger partial charge in [-0.25, -0.2) is 9.59 Å². The van der Waals surface area contributed by atoms with Crippen LogP contribution in [0.15, 0.2) is 0 Å². The quantitative estimate of drug-likeness (QED) is 0.621. The average molecular weight is 261 g/mol. The molecule has 1 amide bonds. The van der Waals surface area contributed by atoms with Gasteiger partial charge in [0.05, 0.1) is 7.11 Å². The zero-order chi connectivity index (χ0) is 14.6. The summed E-state index contributed by atoms with van der Waals surface area (Å²) < 4.78 is 9.60. The summed E-state index contributed by atoms with van der Waals surface area (Å²) in [5.41, 5.74) is 0.958. The number of ether oxygens (including phenoxy) is 2. The number of hydrogen-bond donors (Lipinski definition) is 1. The second kappa shape index (κ2) is 6.04. The van der Waals surface area contributed by atoms with Crippen LogP contribution in [-0.2, 0) is 19.1 Å².